The third-order valence-electron chi connectivity index (χ3n) is 6.95. The van der Waals surface area contributed by atoms with Crippen LogP contribution < -0.4 is 10.2 Å². The first-order chi connectivity index (χ1) is 19.7. The standard InChI is InChI=1S/C30H33ClF3N5O2S/c1-19-17-38(12-13-39(19)27(41)21-8-10-22(11-9-21)29(2,3)4)25-15-24(31)36-28(37-25)42-18-26(40)35-16-20-6-5-7-23(14-20)30(32,33)34/h5-11,14-15,19H,12-13,16-18H2,1-4H3,(H,35,40). The lowest BCUT2D eigenvalue weighted by Gasteiger charge is -2.40. The minimum absolute atomic E-state index is 0.00653. The first-order valence-corrected chi connectivity index (χ1v) is 14.8. The topological polar surface area (TPSA) is 78.4 Å². The summed E-state index contributed by atoms with van der Waals surface area (Å²) in [5, 5.41) is 3.14. The smallest absolute Gasteiger partial charge is 0.353 e. The molecule has 1 atom stereocenters. The molecule has 0 radical (unpaired) electrons. The highest BCUT2D eigenvalue weighted by Crippen LogP contribution is 2.30. The second-order valence-corrected chi connectivity index (χ2v) is 12.5. The summed E-state index contributed by atoms with van der Waals surface area (Å²) in [4.78, 5) is 38.3. The van der Waals surface area contributed by atoms with E-state index >= 15 is 0 Å². The summed E-state index contributed by atoms with van der Waals surface area (Å²) >= 11 is 7.35. The Balaban J connectivity index is 1.32. The van der Waals surface area contributed by atoms with Crippen molar-refractivity contribution >= 4 is 41.0 Å². The molecule has 0 aliphatic carbocycles. The van der Waals surface area contributed by atoms with E-state index in [0.29, 0.717) is 41.7 Å². The SMILES string of the molecule is CC1CN(c2cc(Cl)nc(SCC(=O)NCc3cccc(C(F)(F)F)c3)n2)CCN1C(=O)c1ccc(C(C)(C)C)cc1. The molecule has 1 fully saturated rings. The number of hydrogen-bond donors (Lipinski definition) is 1. The summed E-state index contributed by atoms with van der Waals surface area (Å²) in [7, 11) is 0. The number of aromatic nitrogens is 2. The predicted molar refractivity (Wildman–Crippen MR) is 159 cm³/mol. The van der Waals surface area contributed by atoms with Crippen molar-refractivity contribution in [2.75, 3.05) is 30.3 Å². The fourth-order valence-corrected chi connectivity index (χ4v) is 5.51. The second kappa shape index (κ2) is 12.9. The number of halogens is 4. The fraction of sp³-hybridized carbons (Fsp3) is 0.400. The summed E-state index contributed by atoms with van der Waals surface area (Å²) in [5.41, 5.74) is 1.40. The molecule has 1 N–H and O–H groups in total. The molecule has 2 amide bonds. The van der Waals surface area contributed by atoms with E-state index < -0.39 is 11.7 Å². The Morgan fingerprint density at radius 3 is 2.38 bits per heavy atom. The molecule has 2 aromatic carbocycles. The normalized spacial score (nSPS) is 16.0. The van der Waals surface area contributed by atoms with Gasteiger partial charge in [0.15, 0.2) is 5.16 Å². The Bertz CT molecular complexity index is 1430. The van der Waals surface area contributed by atoms with Gasteiger partial charge in [-0.1, -0.05) is 68.4 Å². The van der Waals surface area contributed by atoms with Crippen LogP contribution in [0.4, 0.5) is 19.0 Å². The Labute approximate surface area is 252 Å². The van der Waals surface area contributed by atoms with E-state index in [0.717, 1.165) is 23.9 Å². The number of hydrogen-bond acceptors (Lipinski definition) is 6. The van der Waals surface area contributed by atoms with Crippen molar-refractivity contribution in [3.05, 3.63) is 82.0 Å². The van der Waals surface area contributed by atoms with Crippen molar-refractivity contribution < 1.29 is 22.8 Å². The molecule has 1 aliphatic rings. The molecule has 0 spiro atoms. The first-order valence-electron chi connectivity index (χ1n) is 13.5. The van der Waals surface area contributed by atoms with Crippen molar-refractivity contribution in [2.24, 2.45) is 0 Å². The molecule has 2 heterocycles. The van der Waals surface area contributed by atoms with E-state index in [-0.39, 0.29) is 40.7 Å². The maximum Gasteiger partial charge on any atom is 0.416 e. The van der Waals surface area contributed by atoms with E-state index in [1.165, 1.54) is 17.7 Å². The Hall–Kier alpha value is -3.31. The summed E-state index contributed by atoms with van der Waals surface area (Å²) in [5.74, 6) is 0.163. The van der Waals surface area contributed by atoms with Crippen LogP contribution in [-0.4, -0.2) is 58.1 Å². The van der Waals surface area contributed by atoms with Gasteiger partial charge in [-0.3, -0.25) is 9.59 Å². The Morgan fingerprint density at radius 2 is 1.74 bits per heavy atom. The minimum Gasteiger partial charge on any atom is -0.353 e. The van der Waals surface area contributed by atoms with Crippen LogP contribution in [0.1, 0.15) is 54.7 Å². The fourth-order valence-electron chi connectivity index (χ4n) is 4.60. The average molecular weight is 620 g/mol. The minimum atomic E-state index is -4.45. The van der Waals surface area contributed by atoms with E-state index in [9.17, 15) is 22.8 Å². The van der Waals surface area contributed by atoms with Gasteiger partial charge in [-0.05, 0) is 47.7 Å². The van der Waals surface area contributed by atoms with Gasteiger partial charge < -0.3 is 15.1 Å². The molecule has 4 rings (SSSR count). The van der Waals surface area contributed by atoms with Gasteiger partial charge >= 0.3 is 6.18 Å². The van der Waals surface area contributed by atoms with Gasteiger partial charge in [0.05, 0.1) is 11.3 Å². The number of thioether (sulfide) groups is 1. The third-order valence-corrected chi connectivity index (χ3v) is 7.99. The maximum absolute atomic E-state index is 13.2. The number of nitrogens with zero attached hydrogens (tertiary/aromatic N) is 4. The van der Waals surface area contributed by atoms with Crippen LogP contribution in [0, 0.1) is 0 Å². The number of piperazine rings is 1. The van der Waals surface area contributed by atoms with Crippen molar-refractivity contribution in [2.45, 2.75) is 57.0 Å². The highest BCUT2D eigenvalue weighted by molar-refractivity contribution is 7.99. The van der Waals surface area contributed by atoms with Gasteiger partial charge in [-0.25, -0.2) is 9.97 Å². The van der Waals surface area contributed by atoms with Gasteiger partial charge in [0.2, 0.25) is 5.91 Å². The highest BCUT2D eigenvalue weighted by Gasteiger charge is 2.31. The Morgan fingerprint density at radius 1 is 1.02 bits per heavy atom. The average Bonchev–Trinajstić information content (AvgIpc) is 2.93. The molecule has 0 bridgehead atoms. The largest absolute Gasteiger partial charge is 0.416 e. The summed E-state index contributed by atoms with van der Waals surface area (Å²) in [6, 6.07) is 14.2. The number of carbonyl (C=O) groups is 2. The summed E-state index contributed by atoms with van der Waals surface area (Å²) < 4.78 is 38.8. The lowest BCUT2D eigenvalue weighted by molar-refractivity contribution is -0.137. The maximum atomic E-state index is 13.2. The molecular weight excluding hydrogens is 587 g/mol. The van der Waals surface area contributed by atoms with Crippen LogP contribution in [-0.2, 0) is 22.9 Å². The van der Waals surface area contributed by atoms with Crippen LogP contribution in [0.15, 0.2) is 59.8 Å². The molecule has 1 saturated heterocycles. The van der Waals surface area contributed by atoms with Crippen molar-refractivity contribution in [1.82, 2.24) is 20.2 Å². The molecule has 1 aliphatic heterocycles. The number of carbonyl (C=O) groups excluding carboxylic acids is 2. The third kappa shape index (κ3) is 8.16. The molecule has 7 nitrogen and oxygen atoms in total. The van der Waals surface area contributed by atoms with Crippen molar-refractivity contribution in [3.63, 3.8) is 0 Å². The first kappa shape index (κ1) is 31.6. The van der Waals surface area contributed by atoms with E-state index in [2.05, 4.69) is 36.1 Å². The van der Waals surface area contributed by atoms with Crippen LogP contribution in [0.3, 0.4) is 0 Å². The number of benzene rings is 2. The molecule has 3 aromatic rings. The Kier molecular flexibility index (Phi) is 9.72. The number of rotatable bonds is 7. The number of anilines is 1. The molecular formula is C30H33ClF3N5O2S. The molecule has 12 heteroatoms. The molecule has 0 saturated carbocycles. The van der Waals surface area contributed by atoms with Gasteiger partial charge in [-0.2, -0.15) is 13.2 Å². The summed E-state index contributed by atoms with van der Waals surface area (Å²) in [6.45, 7) is 9.94. The van der Waals surface area contributed by atoms with Crippen molar-refractivity contribution in [1.29, 1.82) is 0 Å². The van der Waals surface area contributed by atoms with Gasteiger partial charge in [0.1, 0.15) is 11.0 Å². The zero-order valence-electron chi connectivity index (χ0n) is 23.8. The monoisotopic (exact) mass is 619 g/mol. The zero-order valence-corrected chi connectivity index (χ0v) is 25.4. The van der Waals surface area contributed by atoms with E-state index in [4.69, 9.17) is 11.6 Å². The van der Waals surface area contributed by atoms with Crippen LogP contribution >= 0.6 is 23.4 Å². The van der Waals surface area contributed by atoms with Gasteiger partial charge in [-0.15, -0.1) is 0 Å². The lowest BCUT2D eigenvalue weighted by Crippen LogP contribution is -2.54. The molecule has 42 heavy (non-hydrogen) atoms. The quantitative estimate of drug-likeness (QED) is 0.193. The van der Waals surface area contributed by atoms with Crippen LogP contribution in [0.25, 0.3) is 0 Å². The second-order valence-electron chi connectivity index (χ2n) is 11.2. The van der Waals surface area contributed by atoms with E-state index in [1.807, 2.05) is 41.0 Å². The predicted octanol–water partition coefficient (Wildman–Crippen LogP) is 6.21. The zero-order chi connectivity index (χ0) is 30.7. The number of nitrogens with one attached hydrogen (secondary N) is 1. The van der Waals surface area contributed by atoms with Crippen molar-refractivity contribution in [3.8, 4) is 0 Å². The van der Waals surface area contributed by atoms with Crippen LogP contribution in [0.2, 0.25) is 5.15 Å². The summed E-state index contributed by atoms with van der Waals surface area (Å²) in [6.07, 6.45) is -4.45. The number of alkyl halides is 3. The molecule has 1 unspecified atom stereocenters. The van der Waals surface area contributed by atoms with Gasteiger partial charge in [0.25, 0.3) is 5.91 Å². The lowest BCUT2D eigenvalue weighted by atomic mass is 9.86. The molecule has 224 valence electrons. The highest BCUT2D eigenvalue weighted by atomic mass is 35.5. The molecule has 1 aromatic heterocycles. The van der Waals surface area contributed by atoms with E-state index in [1.54, 1.807) is 6.07 Å². The number of amides is 2. The van der Waals surface area contributed by atoms with Crippen LogP contribution in [0.5, 0.6) is 0 Å². The van der Waals surface area contributed by atoms with Gasteiger partial charge in [0, 0.05) is 43.9 Å².